The fourth-order valence-electron chi connectivity index (χ4n) is 2.21. The third-order valence-electron chi connectivity index (χ3n) is 3.19. The number of hydrogen-bond donors (Lipinski definition) is 1. The number of hydrogen-bond acceptors (Lipinski definition) is 3. The molecule has 0 saturated heterocycles. The number of H-pyrrole nitrogens is 1. The van der Waals surface area contributed by atoms with Crippen molar-refractivity contribution in [1.82, 2.24) is 9.55 Å². The fourth-order valence-corrected chi connectivity index (χ4v) is 2.57. The average Bonchev–Trinajstić information content (AvgIpc) is 2.70. The van der Waals surface area contributed by atoms with Gasteiger partial charge in [-0.3, -0.25) is 0 Å². The second kappa shape index (κ2) is 5.71. The third kappa shape index (κ3) is 2.50. The number of halogens is 1. The minimum atomic E-state index is -0.404. The molecule has 0 aliphatic heterocycles. The van der Waals surface area contributed by atoms with Crippen molar-refractivity contribution >= 4 is 23.3 Å². The third-order valence-corrected chi connectivity index (χ3v) is 3.48. The van der Waals surface area contributed by atoms with Gasteiger partial charge in [0.1, 0.15) is 0 Å². The highest BCUT2D eigenvalue weighted by Crippen LogP contribution is 2.27. The molecular weight excluding hydrogens is 267 g/mol. The van der Waals surface area contributed by atoms with Gasteiger partial charge in [0.25, 0.3) is 0 Å². The van der Waals surface area contributed by atoms with Crippen LogP contribution >= 0.6 is 12.2 Å². The van der Waals surface area contributed by atoms with Crippen LogP contribution in [0.1, 0.15) is 19.4 Å². The zero-order valence-corrected chi connectivity index (χ0v) is 12.0. The lowest BCUT2D eigenvalue weighted by Crippen LogP contribution is -2.13. The molecule has 0 radical (unpaired) electrons. The van der Waals surface area contributed by atoms with Crippen molar-refractivity contribution in [2.75, 3.05) is 20.8 Å². The van der Waals surface area contributed by atoms with Crippen LogP contribution in [0.25, 0.3) is 11.0 Å². The van der Waals surface area contributed by atoms with Gasteiger partial charge in [-0.25, -0.2) is 4.39 Å². The monoisotopic (exact) mass is 284 g/mol. The van der Waals surface area contributed by atoms with Crippen LogP contribution in [0.5, 0.6) is 5.75 Å². The largest absolute Gasteiger partial charge is 0.494 e. The lowest BCUT2D eigenvalue weighted by Gasteiger charge is -2.17. The van der Waals surface area contributed by atoms with Gasteiger partial charge < -0.3 is 19.0 Å². The number of aromatic amines is 1. The van der Waals surface area contributed by atoms with E-state index in [1.54, 1.807) is 13.2 Å². The Morgan fingerprint density at radius 3 is 2.74 bits per heavy atom. The normalized spacial score (nSPS) is 12.8. The van der Waals surface area contributed by atoms with Crippen molar-refractivity contribution in [2.24, 2.45) is 0 Å². The maximum absolute atomic E-state index is 13.7. The predicted molar refractivity (Wildman–Crippen MR) is 74.8 cm³/mol. The van der Waals surface area contributed by atoms with E-state index in [4.69, 9.17) is 21.7 Å². The number of aromatic nitrogens is 2. The molecule has 0 bridgehead atoms. The lowest BCUT2D eigenvalue weighted by atomic mass is 10.2. The first-order valence-electron chi connectivity index (χ1n) is 6.09. The Labute approximate surface area is 116 Å². The number of nitrogens with zero attached hydrogens (tertiary/aromatic N) is 1. The minimum Gasteiger partial charge on any atom is -0.494 e. The van der Waals surface area contributed by atoms with E-state index in [0.717, 1.165) is 11.9 Å². The minimum absolute atomic E-state index is 0.112. The molecule has 0 aliphatic rings. The Bertz CT molecular complexity index is 635. The van der Waals surface area contributed by atoms with Crippen molar-refractivity contribution in [1.29, 1.82) is 0 Å². The molecule has 1 aromatic heterocycles. The summed E-state index contributed by atoms with van der Waals surface area (Å²) < 4.78 is 26.4. The van der Waals surface area contributed by atoms with Gasteiger partial charge in [-0.1, -0.05) is 6.92 Å². The summed E-state index contributed by atoms with van der Waals surface area (Å²) in [6.07, 6.45) is 0.870. The van der Waals surface area contributed by atoms with Gasteiger partial charge in [0.2, 0.25) is 0 Å². The summed E-state index contributed by atoms with van der Waals surface area (Å²) in [5.74, 6) is -0.194. The molecule has 2 aromatic rings. The molecule has 0 aliphatic carbocycles. The molecule has 4 nitrogen and oxygen atoms in total. The molecule has 0 fully saturated rings. The summed E-state index contributed by atoms with van der Waals surface area (Å²) in [6.45, 7) is 2.61. The number of benzene rings is 1. The van der Waals surface area contributed by atoms with Gasteiger partial charge in [-0.15, -0.1) is 0 Å². The molecule has 19 heavy (non-hydrogen) atoms. The molecular formula is C13H17FN2O2S. The molecule has 1 atom stereocenters. The van der Waals surface area contributed by atoms with Crippen LogP contribution in [-0.4, -0.2) is 30.4 Å². The molecule has 2 rings (SSSR count). The van der Waals surface area contributed by atoms with E-state index >= 15 is 0 Å². The maximum atomic E-state index is 13.7. The first-order valence-corrected chi connectivity index (χ1v) is 6.49. The average molecular weight is 284 g/mol. The molecule has 0 spiro atoms. The molecule has 1 heterocycles. The SMILES string of the molecule is CCC(COC)n1c(=S)[nH]c2cc(F)c(OC)cc21. The van der Waals surface area contributed by atoms with E-state index in [9.17, 15) is 4.39 Å². The van der Waals surface area contributed by atoms with E-state index in [2.05, 4.69) is 11.9 Å². The number of fused-ring (bicyclic) bond motifs is 1. The first-order chi connectivity index (χ1) is 9.12. The van der Waals surface area contributed by atoms with Crippen molar-refractivity contribution in [3.63, 3.8) is 0 Å². The molecule has 1 aromatic carbocycles. The highest BCUT2D eigenvalue weighted by Gasteiger charge is 2.16. The van der Waals surface area contributed by atoms with Crippen LogP contribution in [0.4, 0.5) is 4.39 Å². The lowest BCUT2D eigenvalue weighted by molar-refractivity contribution is 0.154. The highest BCUT2D eigenvalue weighted by atomic mass is 32.1. The molecule has 0 saturated carbocycles. The highest BCUT2D eigenvalue weighted by molar-refractivity contribution is 7.71. The van der Waals surface area contributed by atoms with Crippen molar-refractivity contribution in [2.45, 2.75) is 19.4 Å². The van der Waals surface area contributed by atoms with Crippen LogP contribution in [0.3, 0.4) is 0 Å². The van der Waals surface area contributed by atoms with Crippen LogP contribution in [0.15, 0.2) is 12.1 Å². The Hall–Kier alpha value is -1.40. The summed E-state index contributed by atoms with van der Waals surface area (Å²) in [7, 11) is 3.10. The predicted octanol–water partition coefficient (Wildman–Crippen LogP) is 3.44. The Balaban J connectivity index is 2.66. The van der Waals surface area contributed by atoms with Gasteiger partial charge in [0.05, 0.1) is 30.8 Å². The van der Waals surface area contributed by atoms with E-state index < -0.39 is 5.82 Å². The molecule has 0 amide bonds. The summed E-state index contributed by atoms with van der Waals surface area (Å²) in [6, 6.07) is 3.18. The van der Waals surface area contributed by atoms with Crippen LogP contribution in [-0.2, 0) is 4.74 Å². The van der Waals surface area contributed by atoms with Gasteiger partial charge in [0.15, 0.2) is 16.3 Å². The zero-order valence-electron chi connectivity index (χ0n) is 11.2. The summed E-state index contributed by atoms with van der Waals surface area (Å²) in [4.78, 5) is 3.02. The van der Waals surface area contributed by atoms with E-state index in [1.165, 1.54) is 13.2 Å². The fraction of sp³-hybridized carbons (Fsp3) is 0.462. The van der Waals surface area contributed by atoms with Crippen molar-refractivity contribution < 1.29 is 13.9 Å². The summed E-state index contributed by atoms with van der Waals surface area (Å²) in [5.41, 5.74) is 1.49. The van der Waals surface area contributed by atoms with Crippen LogP contribution < -0.4 is 4.74 Å². The summed E-state index contributed by atoms with van der Waals surface area (Å²) >= 11 is 5.32. The van der Waals surface area contributed by atoms with Crippen LogP contribution in [0, 0.1) is 10.6 Å². The van der Waals surface area contributed by atoms with Gasteiger partial charge >= 0.3 is 0 Å². The van der Waals surface area contributed by atoms with Crippen LogP contribution in [0.2, 0.25) is 0 Å². The van der Waals surface area contributed by atoms with Gasteiger partial charge in [0, 0.05) is 19.2 Å². The molecule has 104 valence electrons. The molecule has 1 N–H and O–H groups in total. The zero-order chi connectivity index (χ0) is 14.0. The number of methoxy groups -OCH3 is 2. The smallest absolute Gasteiger partial charge is 0.178 e. The second-order valence-corrected chi connectivity index (χ2v) is 4.71. The van der Waals surface area contributed by atoms with Crippen molar-refractivity contribution in [3.05, 3.63) is 22.7 Å². The van der Waals surface area contributed by atoms with E-state index in [-0.39, 0.29) is 11.8 Å². The second-order valence-electron chi connectivity index (χ2n) is 4.32. The first kappa shape index (κ1) is 14.0. The maximum Gasteiger partial charge on any atom is 0.178 e. The van der Waals surface area contributed by atoms with E-state index in [0.29, 0.717) is 16.9 Å². The Kier molecular flexibility index (Phi) is 4.21. The van der Waals surface area contributed by atoms with Gasteiger partial charge in [-0.05, 0) is 18.6 Å². The topological polar surface area (TPSA) is 39.2 Å². The van der Waals surface area contributed by atoms with E-state index in [1.807, 2.05) is 4.57 Å². The number of rotatable bonds is 5. The number of imidazole rings is 1. The molecule has 1 unspecified atom stereocenters. The van der Waals surface area contributed by atoms with Gasteiger partial charge in [-0.2, -0.15) is 0 Å². The quantitative estimate of drug-likeness (QED) is 0.855. The Morgan fingerprint density at radius 1 is 1.42 bits per heavy atom. The van der Waals surface area contributed by atoms with Crippen molar-refractivity contribution in [3.8, 4) is 5.75 Å². The standard InChI is InChI=1S/C13H17FN2O2S/c1-4-8(7-17-2)16-11-6-12(18-3)9(14)5-10(11)15-13(16)19/h5-6,8H,4,7H2,1-3H3,(H,15,19). The molecule has 6 heteroatoms. The number of nitrogens with one attached hydrogen (secondary N) is 1. The number of ether oxygens (including phenoxy) is 2. The Morgan fingerprint density at radius 2 is 2.16 bits per heavy atom. The summed E-state index contributed by atoms with van der Waals surface area (Å²) in [5, 5.41) is 0.